The fourth-order valence-electron chi connectivity index (χ4n) is 2.04. The lowest BCUT2D eigenvalue weighted by Gasteiger charge is -2.22. The normalized spacial score (nSPS) is 28.9. The number of hydrogen-bond acceptors (Lipinski definition) is 3. The van der Waals surface area contributed by atoms with Gasteiger partial charge in [0, 0.05) is 26.2 Å². The first-order valence-electron chi connectivity index (χ1n) is 5.49. The van der Waals surface area contributed by atoms with E-state index in [1.165, 1.54) is 0 Å². The van der Waals surface area contributed by atoms with Crippen LogP contribution < -0.4 is 5.32 Å². The van der Waals surface area contributed by atoms with Crippen molar-refractivity contribution >= 4 is 5.91 Å². The van der Waals surface area contributed by atoms with E-state index in [2.05, 4.69) is 5.32 Å². The third-order valence-corrected chi connectivity index (χ3v) is 2.86. The van der Waals surface area contributed by atoms with E-state index in [0.29, 0.717) is 0 Å². The molecule has 1 N–H and O–H groups in total. The summed E-state index contributed by atoms with van der Waals surface area (Å²) in [4.78, 5) is 13.9. The molecule has 1 amide bonds. The van der Waals surface area contributed by atoms with Gasteiger partial charge in [-0.05, 0) is 25.8 Å². The SMILES string of the molecule is O=C(C1CCCO1)N1CCCNCC1. The topological polar surface area (TPSA) is 41.6 Å². The number of carbonyl (C=O) groups excluding carboxylic acids is 1. The highest BCUT2D eigenvalue weighted by molar-refractivity contribution is 5.81. The van der Waals surface area contributed by atoms with Gasteiger partial charge in [-0.2, -0.15) is 0 Å². The van der Waals surface area contributed by atoms with Crippen molar-refractivity contribution in [3.63, 3.8) is 0 Å². The van der Waals surface area contributed by atoms with Crippen LogP contribution in [0.1, 0.15) is 19.3 Å². The molecule has 0 saturated carbocycles. The van der Waals surface area contributed by atoms with Gasteiger partial charge < -0.3 is 15.0 Å². The average Bonchev–Trinajstić information content (AvgIpc) is 2.59. The highest BCUT2D eigenvalue weighted by atomic mass is 16.5. The van der Waals surface area contributed by atoms with Gasteiger partial charge in [0.25, 0.3) is 5.91 Å². The van der Waals surface area contributed by atoms with Gasteiger partial charge in [-0.25, -0.2) is 0 Å². The van der Waals surface area contributed by atoms with Gasteiger partial charge in [0.1, 0.15) is 6.10 Å². The first kappa shape index (κ1) is 9.93. The summed E-state index contributed by atoms with van der Waals surface area (Å²) in [7, 11) is 0. The van der Waals surface area contributed by atoms with E-state index in [-0.39, 0.29) is 12.0 Å². The minimum absolute atomic E-state index is 0.145. The minimum atomic E-state index is -0.145. The fraction of sp³-hybridized carbons (Fsp3) is 0.900. The first-order valence-corrected chi connectivity index (χ1v) is 5.49. The minimum Gasteiger partial charge on any atom is -0.368 e. The number of amides is 1. The number of nitrogens with one attached hydrogen (secondary N) is 1. The molecular formula is C10H18N2O2. The van der Waals surface area contributed by atoms with Crippen molar-refractivity contribution in [3.05, 3.63) is 0 Å². The number of nitrogens with zero attached hydrogens (tertiary/aromatic N) is 1. The maximum Gasteiger partial charge on any atom is 0.251 e. The van der Waals surface area contributed by atoms with Crippen molar-refractivity contribution < 1.29 is 9.53 Å². The summed E-state index contributed by atoms with van der Waals surface area (Å²) in [6, 6.07) is 0. The fourth-order valence-corrected chi connectivity index (χ4v) is 2.04. The molecule has 2 aliphatic heterocycles. The van der Waals surface area contributed by atoms with Crippen LogP contribution in [-0.2, 0) is 9.53 Å². The molecule has 2 rings (SSSR count). The first-order chi connectivity index (χ1) is 6.88. The molecule has 2 fully saturated rings. The van der Waals surface area contributed by atoms with Gasteiger partial charge in [0.05, 0.1) is 0 Å². The van der Waals surface area contributed by atoms with Crippen LogP contribution in [0.5, 0.6) is 0 Å². The van der Waals surface area contributed by atoms with Crippen molar-refractivity contribution in [1.29, 1.82) is 0 Å². The van der Waals surface area contributed by atoms with Crippen LogP contribution in [0.4, 0.5) is 0 Å². The molecule has 80 valence electrons. The molecular weight excluding hydrogens is 180 g/mol. The van der Waals surface area contributed by atoms with Gasteiger partial charge in [0.2, 0.25) is 0 Å². The van der Waals surface area contributed by atoms with E-state index in [1.54, 1.807) is 0 Å². The highest BCUT2D eigenvalue weighted by Gasteiger charge is 2.28. The van der Waals surface area contributed by atoms with E-state index >= 15 is 0 Å². The van der Waals surface area contributed by atoms with Gasteiger partial charge in [-0.1, -0.05) is 0 Å². The summed E-state index contributed by atoms with van der Waals surface area (Å²) >= 11 is 0. The molecule has 0 radical (unpaired) electrons. The van der Waals surface area contributed by atoms with Crippen molar-refractivity contribution in [3.8, 4) is 0 Å². The van der Waals surface area contributed by atoms with Gasteiger partial charge in [0.15, 0.2) is 0 Å². The molecule has 2 heterocycles. The molecule has 0 spiro atoms. The van der Waals surface area contributed by atoms with Crippen molar-refractivity contribution in [2.45, 2.75) is 25.4 Å². The number of rotatable bonds is 1. The largest absolute Gasteiger partial charge is 0.368 e. The molecule has 0 aromatic heterocycles. The molecule has 1 unspecified atom stereocenters. The molecule has 2 saturated heterocycles. The maximum atomic E-state index is 11.9. The molecule has 4 nitrogen and oxygen atoms in total. The number of ether oxygens (including phenoxy) is 1. The van der Waals surface area contributed by atoms with E-state index in [9.17, 15) is 4.79 Å². The summed E-state index contributed by atoms with van der Waals surface area (Å²) in [5.74, 6) is 0.200. The van der Waals surface area contributed by atoms with Gasteiger partial charge in [-0.15, -0.1) is 0 Å². The lowest BCUT2D eigenvalue weighted by Crippen LogP contribution is -2.40. The molecule has 0 bridgehead atoms. The van der Waals surface area contributed by atoms with Crippen LogP contribution in [0.2, 0.25) is 0 Å². The second-order valence-corrected chi connectivity index (χ2v) is 3.93. The molecule has 2 aliphatic rings. The van der Waals surface area contributed by atoms with E-state index in [1.807, 2.05) is 4.90 Å². The Morgan fingerprint density at radius 2 is 2.21 bits per heavy atom. The highest BCUT2D eigenvalue weighted by Crippen LogP contribution is 2.15. The van der Waals surface area contributed by atoms with E-state index in [0.717, 1.165) is 52.0 Å². The molecule has 14 heavy (non-hydrogen) atoms. The molecule has 0 aliphatic carbocycles. The van der Waals surface area contributed by atoms with Crippen molar-refractivity contribution in [1.82, 2.24) is 10.2 Å². The summed E-state index contributed by atoms with van der Waals surface area (Å²) in [5, 5.41) is 3.29. The number of hydrogen-bond donors (Lipinski definition) is 1. The molecule has 0 aromatic rings. The predicted molar refractivity (Wildman–Crippen MR) is 53.0 cm³/mol. The zero-order valence-corrected chi connectivity index (χ0v) is 8.50. The van der Waals surface area contributed by atoms with Crippen LogP contribution in [0.3, 0.4) is 0 Å². The van der Waals surface area contributed by atoms with Crippen LogP contribution in [0, 0.1) is 0 Å². The Hall–Kier alpha value is -0.610. The van der Waals surface area contributed by atoms with E-state index < -0.39 is 0 Å². The standard InChI is InChI=1S/C10H18N2O2/c13-10(9-3-1-8-14-9)12-6-2-4-11-5-7-12/h9,11H,1-8H2. The maximum absolute atomic E-state index is 11.9. The molecule has 1 atom stereocenters. The van der Waals surface area contributed by atoms with Crippen molar-refractivity contribution in [2.75, 3.05) is 32.8 Å². The Kier molecular flexibility index (Phi) is 3.37. The smallest absolute Gasteiger partial charge is 0.251 e. The van der Waals surface area contributed by atoms with Crippen LogP contribution in [0.15, 0.2) is 0 Å². The Bertz CT molecular complexity index is 194. The van der Waals surface area contributed by atoms with Crippen LogP contribution >= 0.6 is 0 Å². The van der Waals surface area contributed by atoms with Crippen LogP contribution in [0.25, 0.3) is 0 Å². The summed E-state index contributed by atoms with van der Waals surface area (Å²) in [6.45, 7) is 4.40. The summed E-state index contributed by atoms with van der Waals surface area (Å²) in [5.41, 5.74) is 0. The zero-order chi connectivity index (χ0) is 9.80. The second-order valence-electron chi connectivity index (χ2n) is 3.93. The lowest BCUT2D eigenvalue weighted by molar-refractivity contribution is -0.140. The molecule has 0 aromatic carbocycles. The molecule has 4 heteroatoms. The van der Waals surface area contributed by atoms with Crippen LogP contribution in [-0.4, -0.2) is 49.7 Å². The monoisotopic (exact) mass is 198 g/mol. The quantitative estimate of drug-likeness (QED) is 0.644. The Morgan fingerprint density at radius 1 is 1.29 bits per heavy atom. The third kappa shape index (κ3) is 2.25. The zero-order valence-electron chi connectivity index (χ0n) is 8.50. The summed E-state index contributed by atoms with van der Waals surface area (Å²) in [6.07, 6.45) is 2.84. The number of carbonyl (C=O) groups is 1. The Balaban J connectivity index is 1.88. The average molecular weight is 198 g/mol. The van der Waals surface area contributed by atoms with E-state index in [4.69, 9.17) is 4.74 Å². The third-order valence-electron chi connectivity index (χ3n) is 2.86. The van der Waals surface area contributed by atoms with Crippen molar-refractivity contribution in [2.24, 2.45) is 0 Å². The Labute approximate surface area is 84.6 Å². The van der Waals surface area contributed by atoms with Gasteiger partial charge >= 0.3 is 0 Å². The predicted octanol–water partition coefficient (Wildman–Crippen LogP) is -0.0127. The summed E-state index contributed by atoms with van der Waals surface area (Å²) < 4.78 is 5.40. The van der Waals surface area contributed by atoms with Gasteiger partial charge in [-0.3, -0.25) is 4.79 Å². The second kappa shape index (κ2) is 4.75. The lowest BCUT2D eigenvalue weighted by atomic mass is 10.2. The Morgan fingerprint density at radius 3 is 3.00 bits per heavy atom.